The molecule has 3 N–H and O–H groups in total. The van der Waals surface area contributed by atoms with E-state index in [-0.39, 0.29) is 22.8 Å². The van der Waals surface area contributed by atoms with Crippen LogP contribution in [0.15, 0.2) is 24.3 Å². The molecule has 0 spiro atoms. The lowest BCUT2D eigenvalue weighted by Crippen LogP contribution is -2.49. The molecule has 0 radical (unpaired) electrons. The highest BCUT2D eigenvalue weighted by Gasteiger charge is 2.21. The highest BCUT2D eigenvalue weighted by Crippen LogP contribution is 2.23. The lowest BCUT2D eigenvalue weighted by atomic mass is 9.89. The number of rotatable bonds is 5. The molecule has 142 valence electrons. The Balaban J connectivity index is 1.74. The van der Waals surface area contributed by atoms with E-state index in [9.17, 15) is 9.59 Å². The van der Waals surface area contributed by atoms with E-state index in [0.717, 1.165) is 31.4 Å². The third-order valence-corrected chi connectivity index (χ3v) is 4.41. The number of carbonyl (C=O) groups is 2. The first-order valence-corrected chi connectivity index (χ1v) is 9.50. The Labute approximate surface area is 160 Å². The fraction of sp³-hybridized carbons (Fsp3) is 0.526. The summed E-state index contributed by atoms with van der Waals surface area (Å²) < 4.78 is 5.59. The standard InChI is InChI=1S/C19H27N3O3S/c1-13(2)12-25-16-10-8-15(9-11-16)18(24)21-22-19(26)20-17(23)14-6-4-3-5-7-14/h8-11,13-14H,3-7,12H2,1-2H3,(H,21,24)(H2,20,22,23,26). The van der Waals surface area contributed by atoms with Crippen molar-refractivity contribution in [1.82, 2.24) is 16.2 Å². The van der Waals surface area contributed by atoms with Crippen molar-refractivity contribution in [3.8, 4) is 5.75 Å². The van der Waals surface area contributed by atoms with Gasteiger partial charge in [0.1, 0.15) is 5.75 Å². The van der Waals surface area contributed by atoms with Gasteiger partial charge in [-0.05, 0) is 55.2 Å². The van der Waals surface area contributed by atoms with Gasteiger partial charge in [-0.25, -0.2) is 0 Å². The summed E-state index contributed by atoms with van der Waals surface area (Å²) in [5.41, 5.74) is 5.53. The van der Waals surface area contributed by atoms with Gasteiger partial charge in [-0.15, -0.1) is 0 Å². The molecule has 0 heterocycles. The summed E-state index contributed by atoms with van der Waals surface area (Å²) in [6, 6.07) is 6.85. The van der Waals surface area contributed by atoms with Gasteiger partial charge in [-0.2, -0.15) is 0 Å². The zero-order valence-corrected chi connectivity index (χ0v) is 16.2. The van der Waals surface area contributed by atoms with Crippen molar-refractivity contribution in [2.45, 2.75) is 46.0 Å². The zero-order chi connectivity index (χ0) is 18.9. The fourth-order valence-corrected chi connectivity index (χ4v) is 2.91. The summed E-state index contributed by atoms with van der Waals surface area (Å²) >= 11 is 5.07. The summed E-state index contributed by atoms with van der Waals surface area (Å²) in [5, 5.41) is 2.74. The quantitative estimate of drug-likeness (QED) is 0.543. The van der Waals surface area contributed by atoms with Gasteiger partial charge in [0, 0.05) is 11.5 Å². The Hall–Kier alpha value is -2.15. The van der Waals surface area contributed by atoms with Crippen LogP contribution in [-0.2, 0) is 4.79 Å². The number of thiocarbonyl (C=S) groups is 1. The van der Waals surface area contributed by atoms with Crippen molar-refractivity contribution < 1.29 is 14.3 Å². The van der Waals surface area contributed by atoms with Crippen LogP contribution in [0.4, 0.5) is 0 Å². The molecule has 1 fully saturated rings. The van der Waals surface area contributed by atoms with E-state index in [4.69, 9.17) is 17.0 Å². The van der Waals surface area contributed by atoms with Crippen molar-refractivity contribution in [2.24, 2.45) is 11.8 Å². The topological polar surface area (TPSA) is 79.5 Å². The fourth-order valence-electron chi connectivity index (χ4n) is 2.76. The summed E-state index contributed by atoms with van der Waals surface area (Å²) in [6.07, 6.45) is 5.12. The van der Waals surface area contributed by atoms with Crippen LogP contribution in [0.3, 0.4) is 0 Å². The Morgan fingerprint density at radius 3 is 2.38 bits per heavy atom. The van der Waals surface area contributed by atoms with Gasteiger partial charge in [-0.1, -0.05) is 33.1 Å². The van der Waals surface area contributed by atoms with E-state index in [0.29, 0.717) is 18.1 Å². The molecule has 0 atom stereocenters. The van der Waals surface area contributed by atoms with E-state index in [1.165, 1.54) is 6.42 Å². The van der Waals surface area contributed by atoms with Gasteiger partial charge in [0.2, 0.25) is 5.91 Å². The van der Waals surface area contributed by atoms with Gasteiger partial charge in [-0.3, -0.25) is 20.4 Å². The molecule has 2 amide bonds. The Morgan fingerprint density at radius 1 is 1.12 bits per heavy atom. The molecule has 0 unspecified atom stereocenters. The first-order valence-electron chi connectivity index (χ1n) is 9.09. The van der Waals surface area contributed by atoms with Crippen LogP contribution in [0.2, 0.25) is 0 Å². The van der Waals surface area contributed by atoms with Gasteiger partial charge in [0.05, 0.1) is 6.61 Å². The van der Waals surface area contributed by atoms with Gasteiger partial charge in [0.15, 0.2) is 5.11 Å². The second kappa shape index (κ2) is 10.1. The first-order chi connectivity index (χ1) is 12.5. The van der Waals surface area contributed by atoms with E-state index < -0.39 is 0 Å². The Morgan fingerprint density at radius 2 is 1.77 bits per heavy atom. The number of benzene rings is 1. The molecule has 1 aliphatic rings. The SMILES string of the molecule is CC(C)COc1ccc(C(=O)NNC(=S)NC(=O)C2CCCCC2)cc1. The average Bonchev–Trinajstić information content (AvgIpc) is 2.65. The molecule has 0 saturated heterocycles. The lowest BCUT2D eigenvalue weighted by molar-refractivity contribution is -0.124. The highest BCUT2D eigenvalue weighted by atomic mass is 32.1. The van der Waals surface area contributed by atoms with Crippen LogP contribution >= 0.6 is 12.2 Å². The molecule has 1 aromatic carbocycles. The normalized spacial score (nSPS) is 14.6. The van der Waals surface area contributed by atoms with Crippen molar-refractivity contribution >= 4 is 29.1 Å². The second-order valence-electron chi connectivity index (χ2n) is 6.96. The lowest BCUT2D eigenvalue weighted by Gasteiger charge is -2.21. The minimum atomic E-state index is -0.338. The van der Waals surface area contributed by atoms with Crippen LogP contribution in [0, 0.1) is 11.8 Å². The van der Waals surface area contributed by atoms with Gasteiger partial charge in [0.25, 0.3) is 5.91 Å². The van der Waals surface area contributed by atoms with E-state index in [2.05, 4.69) is 30.0 Å². The number of amides is 2. The van der Waals surface area contributed by atoms with E-state index in [1.807, 2.05) is 0 Å². The monoisotopic (exact) mass is 377 g/mol. The summed E-state index contributed by atoms with van der Waals surface area (Å²) in [5.74, 6) is 0.751. The van der Waals surface area contributed by atoms with Crippen molar-refractivity contribution in [1.29, 1.82) is 0 Å². The van der Waals surface area contributed by atoms with Crippen LogP contribution in [0.1, 0.15) is 56.3 Å². The number of ether oxygens (including phenoxy) is 1. The number of hydrazine groups is 1. The first kappa shape index (κ1) is 20.2. The third kappa shape index (κ3) is 6.63. The maximum atomic E-state index is 12.1. The van der Waals surface area contributed by atoms with Crippen molar-refractivity contribution in [3.63, 3.8) is 0 Å². The number of carbonyl (C=O) groups excluding carboxylic acids is 2. The highest BCUT2D eigenvalue weighted by molar-refractivity contribution is 7.80. The predicted molar refractivity (Wildman–Crippen MR) is 105 cm³/mol. The summed E-state index contributed by atoms with van der Waals surface area (Å²) in [4.78, 5) is 24.2. The molecule has 1 saturated carbocycles. The Bertz CT molecular complexity index is 625. The second-order valence-corrected chi connectivity index (χ2v) is 7.37. The number of hydrogen-bond donors (Lipinski definition) is 3. The van der Waals surface area contributed by atoms with Crippen molar-refractivity contribution in [2.75, 3.05) is 6.61 Å². The molecule has 0 aromatic heterocycles. The largest absolute Gasteiger partial charge is 0.493 e. The molecule has 0 bridgehead atoms. The van der Waals surface area contributed by atoms with Crippen LogP contribution in [0.25, 0.3) is 0 Å². The molecular formula is C19H27N3O3S. The summed E-state index contributed by atoms with van der Waals surface area (Å²) in [6.45, 7) is 4.77. The maximum absolute atomic E-state index is 12.1. The number of hydrogen-bond acceptors (Lipinski definition) is 4. The van der Waals surface area contributed by atoms with Crippen LogP contribution in [0.5, 0.6) is 5.75 Å². The molecule has 7 heteroatoms. The smallest absolute Gasteiger partial charge is 0.269 e. The van der Waals surface area contributed by atoms with Gasteiger partial charge >= 0.3 is 0 Å². The molecule has 6 nitrogen and oxygen atoms in total. The maximum Gasteiger partial charge on any atom is 0.269 e. The molecule has 0 aliphatic heterocycles. The third-order valence-electron chi connectivity index (χ3n) is 4.20. The van der Waals surface area contributed by atoms with E-state index in [1.54, 1.807) is 24.3 Å². The van der Waals surface area contributed by atoms with Crippen molar-refractivity contribution in [3.05, 3.63) is 29.8 Å². The molecule has 1 aromatic rings. The van der Waals surface area contributed by atoms with Gasteiger partial charge < -0.3 is 10.1 Å². The molecule has 26 heavy (non-hydrogen) atoms. The van der Waals surface area contributed by atoms with Crippen LogP contribution < -0.4 is 20.9 Å². The predicted octanol–water partition coefficient (Wildman–Crippen LogP) is 2.94. The number of nitrogens with one attached hydrogen (secondary N) is 3. The zero-order valence-electron chi connectivity index (χ0n) is 15.3. The minimum Gasteiger partial charge on any atom is -0.493 e. The minimum absolute atomic E-state index is 0.0117. The Kier molecular flexibility index (Phi) is 7.84. The van der Waals surface area contributed by atoms with E-state index >= 15 is 0 Å². The summed E-state index contributed by atoms with van der Waals surface area (Å²) in [7, 11) is 0. The molecular weight excluding hydrogens is 350 g/mol. The molecule has 1 aliphatic carbocycles. The average molecular weight is 378 g/mol. The molecule has 2 rings (SSSR count). The van der Waals surface area contributed by atoms with Crippen LogP contribution in [-0.4, -0.2) is 23.5 Å².